The van der Waals surface area contributed by atoms with Crippen LogP contribution in [-0.4, -0.2) is 57.4 Å². The summed E-state index contributed by atoms with van der Waals surface area (Å²) in [5, 5.41) is 27.0. The zero-order valence-electron chi connectivity index (χ0n) is 11.0. The number of hydrogen-bond donors (Lipinski definition) is 3. The average molecular weight is 261 g/mol. The molecule has 0 aromatic heterocycles. The Kier molecular flexibility index (Phi) is 8.32. The first-order valence-electron chi connectivity index (χ1n) is 6.18. The smallest absolute Gasteiger partial charge is 0.303 e. The second-order valence-corrected chi connectivity index (χ2v) is 4.60. The highest BCUT2D eigenvalue weighted by atomic mass is 16.4. The third kappa shape index (κ3) is 8.95. The summed E-state index contributed by atoms with van der Waals surface area (Å²) in [5.74, 6) is -1.03. The van der Waals surface area contributed by atoms with E-state index in [1.54, 1.807) is 13.8 Å². The van der Waals surface area contributed by atoms with E-state index in [2.05, 4.69) is 0 Å². The van der Waals surface area contributed by atoms with Crippen molar-refractivity contribution in [1.29, 1.82) is 0 Å². The highest BCUT2D eigenvalue weighted by molar-refractivity contribution is 5.76. The third-order valence-electron chi connectivity index (χ3n) is 2.35. The number of carbonyl (C=O) groups is 2. The van der Waals surface area contributed by atoms with Crippen LogP contribution in [0.15, 0.2) is 0 Å². The lowest BCUT2D eigenvalue weighted by Gasteiger charge is -2.25. The molecule has 0 saturated heterocycles. The number of carbonyl (C=O) groups excluding carboxylic acids is 1. The normalized spacial score (nSPS) is 14.0. The fourth-order valence-electron chi connectivity index (χ4n) is 1.63. The number of aliphatic carboxylic acids is 1. The van der Waals surface area contributed by atoms with Crippen molar-refractivity contribution in [3.63, 3.8) is 0 Å². The van der Waals surface area contributed by atoms with Crippen LogP contribution in [-0.2, 0) is 9.59 Å². The minimum Gasteiger partial charge on any atom is -0.481 e. The van der Waals surface area contributed by atoms with Gasteiger partial charge in [0.05, 0.1) is 12.2 Å². The van der Waals surface area contributed by atoms with Gasteiger partial charge in [0, 0.05) is 25.9 Å². The molecule has 0 aliphatic heterocycles. The van der Waals surface area contributed by atoms with Crippen molar-refractivity contribution in [1.82, 2.24) is 4.90 Å². The molecule has 0 fully saturated rings. The molecule has 0 aromatic carbocycles. The predicted molar refractivity (Wildman–Crippen MR) is 66.0 cm³/mol. The molecule has 0 spiro atoms. The van der Waals surface area contributed by atoms with Gasteiger partial charge in [-0.15, -0.1) is 0 Å². The maximum atomic E-state index is 11.8. The highest BCUT2D eigenvalue weighted by Crippen LogP contribution is 2.05. The van der Waals surface area contributed by atoms with E-state index in [1.165, 1.54) is 4.90 Å². The Labute approximate surface area is 107 Å². The Morgan fingerprint density at radius 2 is 1.44 bits per heavy atom. The lowest BCUT2D eigenvalue weighted by Crippen LogP contribution is -2.40. The van der Waals surface area contributed by atoms with Gasteiger partial charge in [0.1, 0.15) is 0 Å². The zero-order valence-corrected chi connectivity index (χ0v) is 11.0. The van der Waals surface area contributed by atoms with E-state index in [0.717, 1.165) is 0 Å². The number of aliphatic hydroxyl groups excluding tert-OH is 2. The number of aliphatic hydroxyl groups is 2. The molecule has 0 aliphatic carbocycles. The summed E-state index contributed by atoms with van der Waals surface area (Å²) >= 11 is 0. The highest BCUT2D eigenvalue weighted by Gasteiger charge is 2.17. The monoisotopic (exact) mass is 261 g/mol. The van der Waals surface area contributed by atoms with Gasteiger partial charge in [0.25, 0.3) is 0 Å². The average Bonchev–Trinajstić information content (AvgIpc) is 2.21. The van der Waals surface area contributed by atoms with Gasteiger partial charge >= 0.3 is 5.97 Å². The van der Waals surface area contributed by atoms with Crippen LogP contribution in [0.1, 0.15) is 39.5 Å². The molecule has 0 rings (SSSR count). The molecule has 18 heavy (non-hydrogen) atoms. The van der Waals surface area contributed by atoms with E-state index in [1.807, 2.05) is 0 Å². The molecule has 106 valence electrons. The topological polar surface area (TPSA) is 98.1 Å². The lowest BCUT2D eigenvalue weighted by atomic mass is 10.1. The summed E-state index contributed by atoms with van der Waals surface area (Å²) in [7, 11) is 0. The van der Waals surface area contributed by atoms with Crippen molar-refractivity contribution in [3.05, 3.63) is 0 Å². The summed E-state index contributed by atoms with van der Waals surface area (Å²) in [6.07, 6.45) is -0.0368. The molecule has 2 unspecified atom stereocenters. The van der Waals surface area contributed by atoms with Gasteiger partial charge in [-0.1, -0.05) is 0 Å². The van der Waals surface area contributed by atoms with Gasteiger partial charge in [-0.2, -0.15) is 0 Å². The quantitative estimate of drug-likeness (QED) is 0.516. The molecule has 0 heterocycles. The van der Waals surface area contributed by atoms with Crippen LogP contribution in [0.5, 0.6) is 0 Å². The van der Waals surface area contributed by atoms with Gasteiger partial charge in [-0.25, -0.2) is 0 Å². The summed E-state index contributed by atoms with van der Waals surface area (Å²) in [6.45, 7) is 3.52. The fourth-order valence-corrected chi connectivity index (χ4v) is 1.63. The van der Waals surface area contributed by atoms with E-state index < -0.39 is 18.2 Å². The van der Waals surface area contributed by atoms with Crippen molar-refractivity contribution in [2.45, 2.75) is 51.7 Å². The van der Waals surface area contributed by atoms with Crippen molar-refractivity contribution in [3.8, 4) is 0 Å². The molecule has 3 N–H and O–H groups in total. The Morgan fingerprint density at radius 3 is 1.83 bits per heavy atom. The summed E-state index contributed by atoms with van der Waals surface area (Å²) in [5.41, 5.74) is 0. The minimum atomic E-state index is -0.868. The number of unbranched alkanes of at least 4 members (excludes halogenated alkanes) is 1. The predicted octanol–water partition coefficient (Wildman–Crippen LogP) is 0.222. The number of amides is 1. The molecule has 0 aromatic rings. The fraction of sp³-hybridized carbons (Fsp3) is 0.833. The maximum Gasteiger partial charge on any atom is 0.303 e. The Morgan fingerprint density at radius 1 is 1.00 bits per heavy atom. The van der Waals surface area contributed by atoms with E-state index in [9.17, 15) is 19.8 Å². The standard InChI is InChI=1S/C12H23NO5/c1-9(14)7-13(8-10(2)15)11(16)5-3-4-6-12(17)18/h9-10,14-15H,3-8H2,1-2H3,(H,17,18). The summed E-state index contributed by atoms with van der Waals surface area (Å²) < 4.78 is 0. The molecule has 2 atom stereocenters. The van der Waals surface area contributed by atoms with Gasteiger partial charge in [0.2, 0.25) is 5.91 Å². The molecular weight excluding hydrogens is 238 g/mol. The van der Waals surface area contributed by atoms with E-state index >= 15 is 0 Å². The van der Waals surface area contributed by atoms with Crippen LogP contribution in [0.25, 0.3) is 0 Å². The first kappa shape index (κ1) is 16.9. The number of rotatable bonds is 9. The molecule has 6 heteroatoms. The van der Waals surface area contributed by atoms with Crippen molar-refractivity contribution >= 4 is 11.9 Å². The molecule has 0 bridgehead atoms. The van der Waals surface area contributed by atoms with Crippen LogP contribution in [0.4, 0.5) is 0 Å². The summed E-state index contributed by atoms with van der Waals surface area (Å²) in [4.78, 5) is 23.5. The van der Waals surface area contributed by atoms with Crippen LogP contribution in [0, 0.1) is 0 Å². The van der Waals surface area contributed by atoms with E-state index in [-0.39, 0.29) is 31.8 Å². The van der Waals surface area contributed by atoms with Gasteiger partial charge in [-0.05, 0) is 26.7 Å². The number of carboxylic acids is 1. The third-order valence-corrected chi connectivity index (χ3v) is 2.35. The molecule has 0 radical (unpaired) electrons. The maximum absolute atomic E-state index is 11.8. The number of nitrogens with zero attached hydrogens (tertiary/aromatic N) is 1. The van der Waals surface area contributed by atoms with Crippen molar-refractivity contribution < 1.29 is 24.9 Å². The van der Waals surface area contributed by atoms with E-state index in [0.29, 0.717) is 12.8 Å². The largest absolute Gasteiger partial charge is 0.481 e. The van der Waals surface area contributed by atoms with Crippen molar-refractivity contribution in [2.75, 3.05) is 13.1 Å². The molecule has 1 amide bonds. The van der Waals surface area contributed by atoms with Gasteiger partial charge < -0.3 is 20.2 Å². The second kappa shape index (κ2) is 8.88. The zero-order chi connectivity index (χ0) is 14.1. The Hall–Kier alpha value is -1.14. The first-order valence-corrected chi connectivity index (χ1v) is 6.18. The molecular formula is C12H23NO5. The summed E-state index contributed by atoms with van der Waals surface area (Å²) in [6, 6.07) is 0. The van der Waals surface area contributed by atoms with Crippen LogP contribution in [0.3, 0.4) is 0 Å². The van der Waals surface area contributed by atoms with Crippen molar-refractivity contribution in [2.24, 2.45) is 0 Å². The van der Waals surface area contributed by atoms with E-state index in [4.69, 9.17) is 5.11 Å². The first-order chi connectivity index (χ1) is 8.32. The number of hydrogen-bond acceptors (Lipinski definition) is 4. The van der Waals surface area contributed by atoms with Crippen LogP contribution < -0.4 is 0 Å². The molecule has 6 nitrogen and oxygen atoms in total. The molecule has 0 aliphatic rings. The van der Waals surface area contributed by atoms with Crippen LogP contribution >= 0.6 is 0 Å². The number of carboxylic acid groups (broad SMARTS) is 1. The van der Waals surface area contributed by atoms with Gasteiger partial charge in [-0.3, -0.25) is 9.59 Å². The van der Waals surface area contributed by atoms with Crippen LogP contribution in [0.2, 0.25) is 0 Å². The Bertz CT molecular complexity index is 255. The second-order valence-electron chi connectivity index (χ2n) is 4.60. The Balaban J connectivity index is 4.08. The minimum absolute atomic E-state index is 0.0556. The lowest BCUT2D eigenvalue weighted by molar-refractivity contribution is -0.138. The molecule has 0 saturated carbocycles. The SMILES string of the molecule is CC(O)CN(CC(C)O)C(=O)CCCCC(=O)O. The van der Waals surface area contributed by atoms with Gasteiger partial charge in [0.15, 0.2) is 0 Å².